The normalized spacial score (nSPS) is 57.6. The summed E-state index contributed by atoms with van der Waals surface area (Å²) < 4.78 is 36.8. The molecule has 354 valence electrons. The van der Waals surface area contributed by atoms with Crippen molar-refractivity contribution in [3.8, 4) is 0 Å². The summed E-state index contributed by atoms with van der Waals surface area (Å²) in [6, 6.07) is 0. The molecular formula is C46H75NO15. The predicted octanol–water partition coefficient (Wildman–Crippen LogP) is 0.451. The van der Waals surface area contributed by atoms with Gasteiger partial charge in [-0.15, -0.1) is 0 Å². The summed E-state index contributed by atoms with van der Waals surface area (Å²) in [5.41, 5.74) is 2.02. The topological polar surface area (TPSA) is 249 Å². The monoisotopic (exact) mass is 882 g/mol. The number of hydrogen-bond donors (Lipinski definition) is 10. The van der Waals surface area contributed by atoms with Crippen LogP contribution in [0.5, 0.6) is 0 Å². The highest BCUT2D eigenvalue weighted by Crippen LogP contribution is 2.72. The lowest BCUT2D eigenvalue weighted by atomic mass is 9.46. The van der Waals surface area contributed by atoms with Crippen LogP contribution in [0, 0.1) is 52.3 Å². The Morgan fingerprint density at radius 3 is 2.05 bits per heavy atom. The molecule has 0 aromatic carbocycles. The van der Waals surface area contributed by atoms with Crippen molar-refractivity contribution in [2.75, 3.05) is 19.8 Å². The Hall–Kier alpha value is -0.900. The minimum absolute atomic E-state index is 0.00474. The van der Waals surface area contributed by atoms with E-state index in [9.17, 15) is 46.0 Å². The first-order chi connectivity index (χ1) is 29.4. The van der Waals surface area contributed by atoms with E-state index in [0.29, 0.717) is 47.5 Å². The molecule has 0 aromatic heterocycles. The molecule has 62 heavy (non-hydrogen) atoms. The van der Waals surface area contributed by atoms with Crippen molar-refractivity contribution in [3.63, 3.8) is 0 Å². The second-order valence-electron chi connectivity index (χ2n) is 21.8. The van der Waals surface area contributed by atoms with E-state index in [4.69, 9.17) is 28.4 Å². The van der Waals surface area contributed by atoms with Gasteiger partial charge >= 0.3 is 0 Å². The summed E-state index contributed by atoms with van der Waals surface area (Å²) in [5, 5.41) is 99.9. The number of allylic oxidation sites excluding steroid dienone is 1. The van der Waals surface area contributed by atoms with Gasteiger partial charge in [-0.05, 0) is 130 Å². The van der Waals surface area contributed by atoms with Crippen molar-refractivity contribution in [3.05, 3.63) is 11.6 Å². The third kappa shape index (κ3) is 7.50. The Morgan fingerprint density at radius 1 is 0.694 bits per heavy atom. The summed E-state index contributed by atoms with van der Waals surface area (Å²) in [4.78, 5) is 0. The van der Waals surface area contributed by atoms with Gasteiger partial charge in [-0.25, -0.2) is 0 Å². The molecule has 4 aliphatic heterocycles. The molecule has 0 bridgehead atoms. The minimum Gasteiger partial charge on any atom is -0.394 e. The highest BCUT2D eigenvalue weighted by molar-refractivity contribution is 5.27. The average Bonchev–Trinajstić information content (AvgIpc) is 3.70. The number of aliphatic hydroxyl groups excluding tert-OH is 9. The molecular weight excluding hydrogens is 806 g/mol. The molecule has 9 aliphatic rings. The quantitative estimate of drug-likeness (QED) is 0.149. The maximum atomic E-state index is 11.6. The smallest absolute Gasteiger partial charge is 0.187 e. The van der Waals surface area contributed by atoms with Gasteiger partial charge in [0.05, 0.1) is 25.4 Å². The molecule has 16 heteroatoms. The fourth-order valence-corrected chi connectivity index (χ4v) is 15.0. The van der Waals surface area contributed by atoms with Gasteiger partial charge in [-0.2, -0.15) is 0 Å². The second kappa shape index (κ2) is 17.3. The van der Waals surface area contributed by atoms with Crippen molar-refractivity contribution in [2.45, 2.75) is 203 Å². The zero-order chi connectivity index (χ0) is 44.2. The van der Waals surface area contributed by atoms with Crippen molar-refractivity contribution >= 4 is 0 Å². The predicted molar refractivity (Wildman–Crippen MR) is 219 cm³/mol. The number of rotatable bonds is 8. The largest absolute Gasteiger partial charge is 0.394 e. The van der Waals surface area contributed by atoms with E-state index in [0.717, 1.165) is 37.1 Å². The summed E-state index contributed by atoms with van der Waals surface area (Å²) >= 11 is 0. The first kappa shape index (κ1) is 46.2. The number of aliphatic hydroxyl groups is 9. The van der Waals surface area contributed by atoms with E-state index in [1.54, 1.807) is 0 Å². The molecule has 4 saturated carbocycles. The molecule has 0 radical (unpaired) electrons. The van der Waals surface area contributed by atoms with Gasteiger partial charge in [-0.3, -0.25) is 0 Å². The number of ether oxygens (including phenoxy) is 6. The highest BCUT2D eigenvalue weighted by atomic mass is 16.8. The molecule has 0 aromatic rings. The summed E-state index contributed by atoms with van der Waals surface area (Å²) in [7, 11) is 0. The van der Waals surface area contributed by atoms with Gasteiger partial charge in [0.15, 0.2) is 18.9 Å². The van der Waals surface area contributed by atoms with E-state index in [2.05, 4.69) is 39.1 Å². The van der Waals surface area contributed by atoms with Crippen LogP contribution < -0.4 is 5.32 Å². The van der Waals surface area contributed by atoms with Crippen LogP contribution in [-0.2, 0) is 28.4 Å². The minimum atomic E-state index is -1.83. The molecule has 16 nitrogen and oxygen atoms in total. The Bertz CT molecular complexity index is 1610. The summed E-state index contributed by atoms with van der Waals surface area (Å²) in [6.45, 7) is 11.3. The SMILES string of the molecule is CC1O[C@@H](OC2[C@H](O[C@H]3CC[C@@]4(C)C(=CCC5C6CC7C[C@]8(CC[C@@H](C)CN8)C(C)C7[C@@]6(C)CCC54)C3)OC(CO)[C@H](O)[C@@H]2O[C@@H]2OC(CO)[C@@H](O)[C@H](O)C2O)C(O)[C@@H](O)[C@H]1O. The maximum absolute atomic E-state index is 11.6. The lowest BCUT2D eigenvalue weighted by molar-refractivity contribution is -0.394. The Balaban J connectivity index is 0.940. The van der Waals surface area contributed by atoms with Crippen molar-refractivity contribution < 1.29 is 74.4 Å². The summed E-state index contributed by atoms with van der Waals surface area (Å²) in [5.74, 6) is 4.88. The number of nitrogens with one attached hydrogen (secondary N) is 1. The van der Waals surface area contributed by atoms with Crippen LogP contribution in [0.15, 0.2) is 11.6 Å². The van der Waals surface area contributed by atoms with Gasteiger partial charge in [-0.1, -0.05) is 39.3 Å². The molecule has 8 fully saturated rings. The van der Waals surface area contributed by atoms with Crippen LogP contribution in [0.3, 0.4) is 0 Å². The van der Waals surface area contributed by atoms with Crippen LogP contribution in [0.4, 0.5) is 0 Å². The molecule has 4 heterocycles. The van der Waals surface area contributed by atoms with Crippen molar-refractivity contribution in [2.24, 2.45) is 52.3 Å². The van der Waals surface area contributed by atoms with Gasteiger partial charge in [0.25, 0.3) is 0 Å². The lowest BCUT2D eigenvalue weighted by Gasteiger charge is -2.59. The molecule has 9 rings (SSSR count). The maximum Gasteiger partial charge on any atom is 0.187 e. The van der Waals surface area contributed by atoms with Gasteiger partial charge in [0.1, 0.15) is 67.1 Å². The van der Waals surface area contributed by atoms with Gasteiger partial charge in [0, 0.05) is 5.54 Å². The number of fused-ring (bicyclic) bond motifs is 7. The fourth-order valence-electron chi connectivity index (χ4n) is 15.0. The van der Waals surface area contributed by atoms with Crippen molar-refractivity contribution in [1.29, 1.82) is 0 Å². The Labute approximate surface area is 365 Å². The van der Waals surface area contributed by atoms with E-state index >= 15 is 0 Å². The zero-order valence-electron chi connectivity index (χ0n) is 37.0. The third-order valence-electron chi connectivity index (χ3n) is 18.6. The molecule has 4 saturated heterocycles. The van der Waals surface area contributed by atoms with Crippen LogP contribution >= 0.6 is 0 Å². The van der Waals surface area contributed by atoms with Gasteiger partial charge < -0.3 is 79.7 Å². The van der Waals surface area contributed by atoms with Crippen LogP contribution in [0.1, 0.15) is 98.8 Å². The van der Waals surface area contributed by atoms with Crippen molar-refractivity contribution in [1.82, 2.24) is 5.32 Å². The van der Waals surface area contributed by atoms with E-state index < -0.39 is 105 Å². The Morgan fingerprint density at radius 2 is 1.35 bits per heavy atom. The molecule has 26 atom stereocenters. The number of piperidine rings is 1. The second-order valence-corrected chi connectivity index (χ2v) is 21.8. The molecule has 5 aliphatic carbocycles. The molecule has 10 N–H and O–H groups in total. The first-order valence-electron chi connectivity index (χ1n) is 23.8. The molecule has 12 unspecified atom stereocenters. The van der Waals surface area contributed by atoms with Crippen LogP contribution in [0.25, 0.3) is 0 Å². The molecule has 1 spiro atoms. The third-order valence-corrected chi connectivity index (χ3v) is 18.6. The standard InChI is InChI=1S/C46H75NO15/c1-20-8-13-46(47-17-20)16-23-14-28-26-7-6-24-15-25(9-11-44(24,4)27(26)10-12-45(28,5)31(23)21(46)2)58-43-40(62-41-37(55)35(53)32(50)22(3)57-41)39(34(52)30(19-49)60-43)61-42-38(56)36(54)33(51)29(18-48)59-42/h6,20-23,25-43,47-56H,7-19H2,1-5H3/t20-,21?,22?,23?,25+,26?,27?,28?,29?,30?,31?,32+,33-,34+,35+,36+,37?,38?,39+,40?,41+,42+,43-,44+,45+,46-/m1/s1. The van der Waals surface area contributed by atoms with Crippen LogP contribution in [-0.4, -0.2) is 169 Å². The van der Waals surface area contributed by atoms with Crippen LogP contribution in [0.2, 0.25) is 0 Å². The molecule has 0 amide bonds. The van der Waals surface area contributed by atoms with E-state index in [-0.39, 0.29) is 11.5 Å². The fraction of sp³-hybridized carbons (Fsp3) is 0.957. The number of hydrogen-bond acceptors (Lipinski definition) is 16. The highest BCUT2D eigenvalue weighted by Gasteiger charge is 2.67. The lowest BCUT2D eigenvalue weighted by Crippen LogP contribution is -2.67. The van der Waals surface area contributed by atoms with E-state index in [1.807, 2.05) is 0 Å². The average molecular weight is 882 g/mol. The van der Waals surface area contributed by atoms with E-state index in [1.165, 1.54) is 51.0 Å². The first-order valence-corrected chi connectivity index (χ1v) is 23.8. The summed E-state index contributed by atoms with van der Waals surface area (Å²) in [6.07, 6.45) is -9.86. The zero-order valence-corrected chi connectivity index (χ0v) is 37.0. The van der Waals surface area contributed by atoms with Gasteiger partial charge in [0.2, 0.25) is 0 Å². The Kier molecular flexibility index (Phi) is 12.9.